The van der Waals surface area contributed by atoms with E-state index in [9.17, 15) is 9.18 Å². The number of nitrogens with one attached hydrogen (secondary N) is 1. The van der Waals surface area contributed by atoms with E-state index in [0.717, 1.165) is 48.6 Å². The van der Waals surface area contributed by atoms with Crippen LogP contribution in [0.1, 0.15) is 5.56 Å². The standard InChI is InChI=1S/C25H26FN7O/c26-20-8-6-19(7-9-20)16-23(34)27-10-11-33-25-22(17-30-33)24(28-18-29-25)32-14-12-31(13-15-32)21-4-2-1-3-5-21/h1-9,17-18H,10-16H2,(H,27,34). The lowest BCUT2D eigenvalue weighted by Gasteiger charge is -2.36. The molecule has 2 aromatic heterocycles. The Labute approximate surface area is 197 Å². The van der Waals surface area contributed by atoms with Gasteiger partial charge in [-0.15, -0.1) is 0 Å². The van der Waals surface area contributed by atoms with Crippen LogP contribution in [0.3, 0.4) is 0 Å². The summed E-state index contributed by atoms with van der Waals surface area (Å²) in [6.45, 7) is 4.49. The molecule has 34 heavy (non-hydrogen) atoms. The first-order valence-electron chi connectivity index (χ1n) is 11.4. The molecule has 3 heterocycles. The first kappa shape index (κ1) is 21.8. The van der Waals surface area contributed by atoms with Gasteiger partial charge in [0.25, 0.3) is 0 Å². The highest BCUT2D eigenvalue weighted by Crippen LogP contribution is 2.25. The monoisotopic (exact) mass is 459 g/mol. The van der Waals surface area contributed by atoms with Crippen molar-refractivity contribution in [2.75, 3.05) is 42.5 Å². The third-order valence-electron chi connectivity index (χ3n) is 6.04. The number of halogens is 1. The lowest BCUT2D eigenvalue weighted by molar-refractivity contribution is -0.120. The van der Waals surface area contributed by atoms with E-state index in [2.05, 4.69) is 54.4 Å². The highest BCUT2D eigenvalue weighted by Gasteiger charge is 2.21. The van der Waals surface area contributed by atoms with Crippen molar-refractivity contribution in [3.63, 3.8) is 0 Å². The zero-order chi connectivity index (χ0) is 23.3. The van der Waals surface area contributed by atoms with Crippen molar-refractivity contribution in [1.82, 2.24) is 25.1 Å². The van der Waals surface area contributed by atoms with Crippen LogP contribution in [-0.4, -0.2) is 58.4 Å². The minimum absolute atomic E-state index is 0.116. The zero-order valence-corrected chi connectivity index (χ0v) is 18.8. The topological polar surface area (TPSA) is 79.2 Å². The molecule has 0 bridgehead atoms. The molecule has 9 heteroatoms. The second-order valence-electron chi connectivity index (χ2n) is 8.27. The predicted octanol–water partition coefficient (Wildman–Crippen LogP) is 2.65. The first-order chi connectivity index (χ1) is 16.7. The second-order valence-corrected chi connectivity index (χ2v) is 8.27. The van der Waals surface area contributed by atoms with Crippen molar-refractivity contribution in [3.8, 4) is 0 Å². The van der Waals surface area contributed by atoms with E-state index in [0.29, 0.717) is 13.1 Å². The van der Waals surface area contributed by atoms with Crippen molar-refractivity contribution in [2.45, 2.75) is 13.0 Å². The van der Waals surface area contributed by atoms with Gasteiger partial charge >= 0.3 is 0 Å². The summed E-state index contributed by atoms with van der Waals surface area (Å²) in [4.78, 5) is 25.9. The van der Waals surface area contributed by atoms with Gasteiger partial charge in [-0.1, -0.05) is 30.3 Å². The van der Waals surface area contributed by atoms with Gasteiger partial charge in [0, 0.05) is 38.4 Å². The van der Waals surface area contributed by atoms with E-state index in [1.165, 1.54) is 17.8 Å². The van der Waals surface area contributed by atoms with E-state index in [1.807, 2.05) is 6.07 Å². The number of benzene rings is 2. The van der Waals surface area contributed by atoms with Crippen LogP contribution < -0.4 is 15.1 Å². The van der Waals surface area contributed by atoms with Crippen molar-refractivity contribution < 1.29 is 9.18 Å². The molecule has 1 fully saturated rings. The van der Waals surface area contributed by atoms with Gasteiger partial charge in [-0.05, 0) is 29.8 Å². The number of aromatic nitrogens is 4. The Morgan fingerprint density at radius 1 is 0.941 bits per heavy atom. The van der Waals surface area contributed by atoms with Gasteiger partial charge in [-0.2, -0.15) is 5.10 Å². The van der Waals surface area contributed by atoms with Crippen LogP contribution in [0.5, 0.6) is 0 Å². The Balaban J connectivity index is 1.19. The minimum atomic E-state index is -0.311. The van der Waals surface area contributed by atoms with Gasteiger partial charge in [-0.3, -0.25) is 4.79 Å². The number of hydrogen-bond acceptors (Lipinski definition) is 6. The number of para-hydroxylation sites is 1. The Morgan fingerprint density at radius 2 is 1.68 bits per heavy atom. The average molecular weight is 460 g/mol. The SMILES string of the molecule is O=C(Cc1ccc(F)cc1)NCCn1ncc2c(N3CCN(c4ccccc4)CC3)ncnc21. The van der Waals surface area contributed by atoms with E-state index in [-0.39, 0.29) is 18.1 Å². The smallest absolute Gasteiger partial charge is 0.224 e. The number of piperazine rings is 1. The summed E-state index contributed by atoms with van der Waals surface area (Å²) < 4.78 is 14.8. The van der Waals surface area contributed by atoms with Crippen LogP contribution in [0.25, 0.3) is 11.0 Å². The maximum atomic E-state index is 13.0. The Hall–Kier alpha value is -4.01. The van der Waals surface area contributed by atoms with Crippen molar-refractivity contribution >= 4 is 28.4 Å². The number of rotatable bonds is 7. The molecule has 0 saturated carbocycles. The molecule has 1 saturated heterocycles. The summed E-state index contributed by atoms with van der Waals surface area (Å²) in [6.07, 6.45) is 3.59. The molecule has 174 valence electrons. The number of nitrogens with zero attached hydrogens (tertiary/aromatic N) is 6. The fourth-order valence-corrected chi connectivity index (χ4v) is 4.26. The number of amides is 1. The second kappa shape index (κ2) is 9.86. The van der Waals surface area contributed by atoms with Crippen molar-refractivity contribution in [3.05, 3.63) is 78.5 Å². The van der Waals surface area contributed by atoms with Crippen LogP contribution >= 0.6 is 0 Å². The van der Waals surface area contributed by atoms with E-state index in [4.69, 9.17) is 0 Å². The molecule has 0 unspecified atom stereocenters. The molecule has 2 aromatic carbocycles. The first-order valence-corrected chi connectivity index (χ1v) is 11.4. The van der Waals surface area contributed by atoms with Crippen molar-refractivity contribution in [2.24, 2.45) is 0 Å². The molecule has 0 radical (unpaired) electrons. The minimum Gasteiger partial charge on any atom is -0.368 e. The van der Waals surface area contributed by atoms with Gasteiger partial charge in [-0.25, -0.2) is 19.0 Å². The maximum Gasteiger partial charge on any atom is 0.224 e. The number of carbonyl (C=O) groups excluding carboxylic acids is 1. The molecule has 4 aromatic rings. The highest BCUT2D eigenvalue weighted by atomic mass is 19.1. The molecule has 1 N–H and O–H groups in total. The molecule has 1 aliphatic rings. The van der Waals surface area contributed by atoms with Gasteiger partial charge in [0.1, 0.15) is 18.0 Å². The predicted molar refractivity (Wildman–Crippen MR) is 129 cm³/mol. The van der Waals surface area contributed by atoms with E-state index < -0.39 is 0 Å². The fourth-order valence-electron chi connectivity index (χ4n) is 4.26. The average Bonchev–Trinajstić information content (AvgIpc) is 3.29. The van der Waals surface area contributed by atoms with Gasteiger partial charge in [0.15, 0.2) is 5.65 Å². The van der Waals surface area contributed by atoms with Gasteiger partial charge < -0.3 is 15.1 Å². The van der Waals surface area contributed by atoms with Crippen LogP contribution in [0.2, 0.25) is 0 Å². The molecule has 0 spiro atoms. The molecule has 1 aliphatic heterocycles. The van der Waals surface area contributed by atoms with Gasteiger partial charge in [0.2, 0.25) is 5.91 Å². The third-order valence-corrected chi connectivity index (χ3v) is 6.04. The lowest BCUT2D eigenvalue weighted by atomic mass is 10.1. The van der Waals surface area contributed by atoms with Crippen LogP contribution in [0, 0.1) is 5.82 Å². The molecule has 5 rings (SSSR count). The van der Waals surface area contributed by atoms with Gasteiger partial charge in [0.05, 0.1) is 24.5 Å². The molecular formula is C25H26FN7O. The summed E-state index contributed by atoms with van der Waals surface area (Å²) in [7, 11) is 0. The molecule has 0 atom stereocenters. The fraction of sp³-hybridized carbons (Fsp3) is 0.280. The lowest BCUT2D eigenvalue weighted by Crippen LogP contribution is -2.46. The number of hydrogen-bond donors (Lipinski definition) is 1. The Bertz CT molecular complexity index is 1250. The van der Waals surface area contributed by atoms with E-state index >= 15 is 0 Å². The van der Waals surface area contributed by atoms with Crippen LogP contribution in [0.4, 0.5) is 15.9 Å². The Morgan fingerprint density at radius 3 is 2.44 bits per heavy atom. The molecular weight excluding hydrogens is 433 g/mol. The van der Waals surface area contributed by atoms with Crippen LogP contribution in [0.15, 0.2) is 67.1 Å². The number of anilines is 2. The largest absolute Gasteiger partial charge is 0.368 e. The highest BCUT2D eigenvalue weighted by molar-refractivity contribution is 5.86. The molecule has 1 amide bonds. The quantitative estimate of drug-likeness (QED) is 0.458. The van der Waals surface area contributed by atoms with E-state index in [1.54, 1.807) is 29.3 Å². The number of carbonyl (C=O) groups is 1. The summed E-state index contributed by atoms with van der Waals surface area (Å²) in [5, 5.41) is 8.29. The van der Waals surface area contributed by atoms with Crippen LogP contribution in [-0.2, 0) is 17.8 Å². The van der Waals surface area contributed by atoms with Crippen molar-refractivity contribution in [1.29, 1.82) is 0 Å². The normalized spacial score (nSPS) is 13.9. The summed E-state index contributed by atoms with van der Waals surface area (Å²) in [5.74, 6) is 0.466. The summed E-state index contributed by atoms with van der Waals surface area (Å²) >= 11 is 0. The third kappa shape index (κ3) is 4.83. The summed E-state index contributed by atoms with van der Waals surface area (Å²) in [6, 6.07) is 16.4. The number of fused-ring (bicyclic) bond motifs is 1. The summed E-state index contributed by atoms with van der Waals surface area (Å²) in [5.41, 5.74) is 2.76. The molecule has 0 aliphatic carbocycles. The Kier molecular flexibility index (Phi) is 6.33. The maximum absolute atomic E-state index is 13.0. The molecule has 8 nitrogen and oxygen atoms in total. The zero-order valence-electron chi connectivity index (χ0n) is 18.8.